The highest BCUT2D eigenvalue weighted by molar-refractivity contribution is 7.80. The molecule has 1 unspecified atom stereocenters. The predicted molar refractivity (Wildman–Crippen MR) is 147 cm³/mol. The Morgan fingerprint density at radius 2 is 1.46 bits per heavy atom. The van der Waals surface area contributed by atoms with Crippen molar-refractivity contribution in [2.24, 2.45) is 0 Å². The fraction of sp³-hybridized carbons (Fsp3) is 0.133. The molecule has 10 nitrogen and oxygen atoms in total. The number of carbonyl (C=O) groups excluding carboxylic acids is 1. The number of aryl methyl sites for hydroxylation is 2. The highest BCUT2D eigenvalue weighted by atomic mass is 32.2. The number of rotatable bonds is 12. The number of hydrogen-bond donors (Lipinski definition) is 2. The van der Waals surface area contributed by atoms with Gasteiger partial charge in [-0.3, -0.25) is 5.26 Å². The van der Waals surface area contributed by atoms with E-state index < -0.39 is 23.0 Å². The maximum atomic E-state index is 12.9. The van der Waals surface area contributed by atoms with E-state index in [1.165, 1.54) is 42.5 Å². The normalized spacial score (nSPS) is 11.5. The van der Waals surface area contributed by atoms with Crippen molar-refractivity contribution in [1.82, 2.24) is 0 Å². The monoisotopic (exact) mass is 578 g/mol. The van der Waals surface area contributed by atoms with Crippen LogP contribution in [0.15, 0.2) is 89.8 Å². The van der Waals surface area contributed by atoms with Gasteiger partial charge in [0.15, 0.2) is 5.75 Å². The average Bonchev–Trinajstić information content (AvgIpc) is 2.94. The van der Waals surface area contributed by atoms with Crippen LogP contribution in [0.4, 0.5) is 0 Å². The molecule has 0 amide bonds. The lowest BCUT2D eigenvalue weighted by molar-refractivity contribution is -0.253. The van der Waals surface area contributed by atoms with Crippen molar-refractivity contribution in [3.8, 4) is 17.2 Å². The number of carboxylic acids is 1. The van der Waals surface area contributed by atoms with Crippen LogP contribution in [-0.4, -0.2) is 26.5 Å². The molecule has 0 fully saturated rings. The first-order chi connectivity index (χ1) is 19.7. The Hall–Kier alpha value is -4.55. The molecule has 0 aliphatic carbocycles. The second kappa shape index (κ2) is 13.7. The molecule has 0 saturated heterocycles. The van der Waals surface area contributed by atoms with Gasteiger partial charge in [-0.05, 0) is 61.4 Å². The van der Waals surface area contributed by atoms with Gasteiger partial charge >= 0.3 is 11.9 Å². The SMILES string of the molecule is Cc1ccc(COO)c(COOc2cccc(OS(=O)c3cccc(OC(=O)c4cc(C)ccc4C(=O)O)c3)c2)c1. The van der Waals surface area contributed by atoms with E-state index in [1.54, 1.807) is 31.2 Å². The lowest BCUT2D eigenvalue weighted by Gasteiger charge is -2.11. The van der Waals surface area contributed by atoms with Gasteiger partial charge in [0.2, 0.25) is 11.1 Å². The summed E-state index contributed by atoms with van der Waals surface area (Å²) < 4.78 is 23.8. The highest BCUT2D eigenvalue weighted by Crippen LogP contribution is 2.25. The molecule has 0 saturated carbocycles. The van der Waals surface area contributed by atoms with E-state index in [9.17, 15) is 18.9 Å². The third-order valence-corrected chi connectivity index (χ3v) is 6.75. The second-order valence-electron chi connectivity index (χ2n) is 8.90. The van der Waals surface area contributed by atoms with E-state index in [1.807, 2.05) is 25.1 Å². The van der Waals surface area contributed by atoms with Gasteiger partial charge in [0.05, 0.1) is 16.0 Å². The van der Waals surface area contributed by atoms with Crippen LogP contribution in [0.2, 0.25) is 0 Å². The Balaban J connectivity index is 1.39. The summed E-state index contributed by atoms with van der Waals surface area (Å²) in [5.41, 5.74) is 2.92. The fourth-order valence-corrected chi connectivity index (χ4v) is 4.57. The summed E-state index contributed by atoms with van der Waals surface area (Å²) in [5.74, 6) is -1.53. The van der Waals surface area contributed by atoms with Gasteiger partial charge in [0, 0.05) is 12.1 Å². The third-order valence-electron chi connectivity index (χ3n) is 5.76. The summed E-state index contributed by atoms with van der Waals surface area (Å²) in [5, 5.41) is 18.2. The Morgan fingerprint density at radius 3 is 2.24 bits per heavy atom. The van der Waals surface area contributed by atoms with Gasteiger partial charge < -0.3 is 18.9 Å². The molecule has 0 aliphatic heterocycles. The summed E-state index contributed by atoms with van der Waals surface area (Å²) >= 11 is -1.99. The maximum absolute atomic E-state index is 12.9. The van der Waals surface area contributed by atoms with Gasteiger partial charge in [0.1, 0.15) is 24.7 Å². The molecule has 0 heterocycles. The van der Waals surface area contributed by atoms with Crippen molar-refractivity contribution < 1.29 is 47.7 Å². The van der Waals surface area contributed by atoms with Crippen molar-refractivity contribution in [3.63, 3.8) is 0 Å². The number of benzene rings is 4. The standard InChI is InChI=1S/C30H26O10S/c1-19-9-11-21(17-36-34)22(13-19)18-37-39-24-6-3-7-25(15-24)40-41(35)26-8-4-5-23(16-26)38-30(33)28-14-20(2)10-12-27(28)29(31)32/h3-16,34H,17-18H2,1-2H3,(H,31,32). The van der Waals surface area contributed by atoms with Crippen LogP contribution in [0.3, 0.4) is 0 Å². The Labute approximate surface area is 238 Å². The van der Waals surface area contributed by atoms with Crippen LogP contribution in [-0.2, 0) is 34.1 Å². The number of aromatic carboxylic acids is 1. The molecule has 4 rings (SSSR count). The molecule has 4 aromatic carbocycles. The first-order valence-corrected chi connectivity index (χ1v) is 13.3. The van der Waals surface area contributed by atoms with Crippen molar-refractivity contribution in [2.75, 3.05) is 0 Å². The molecule has 2 N–H and O–H groups in total. The van der Waals surface area contributed by atoms with Gasteiger partial charge in [-0.1, -0.05) is 47.5 Å². The Kier molecular flexibility index (Phi) is 9.82. The van der Waals surface area contributed by atoms with Gasteiger partial charge in [0.25, 0.3) is 0 Å². The number of hydrogen-bond acceptors (Lipinski definition) is 9. The van der Waals surface area contributed by atoms with Crippen LogP contribution in [0.5, 0.6) is 17.2 Å². The summed E-state index contributed by atoms with van der Waals surface area (Å²) in [7, 11) is 0. The van der Waals surface area contributed by atoms with E-state index in [4.69, 9.17) is 24.0 Å². The molecule has 0 aliphatic rings. The van der Waals surface area contributed by atoms with Crippen molar-refractivity contribution in [1.29, 1.82) is 0 Å². The van der Waals surface area contributed by atoms with E-state index in [0.29, 0.717) is 11.3 Å². The molecule has 11 heteroatoms. The lowest BCUT2D eigenvalue weighted by Crippen LogP contribution is -2.14. The average molecular weight is 579 g/mol. The van der Waals surface area contributed by atoms with Crippen molar-refractivity contribution >= 4 is 23.0 Å². The number of esters is 1. The van der Waals surface area contributed by atoms with Crippen LogP contribution in [0.1, 0.15) is 43.0 Å². The van der Waals surface area contributed by atoms with Crippen LogP contribution >= 0.6 is 0 Å². The van der Waals surface area contributed by atoms with Gasteiger partial charge in [-0.15, -0.1) is 0 Å². The van der Waals surface area contributed by atoms with Crippen LogP contribution < -0.4 is 13.8 Å². The molecule has 0 aromatic heterocycles. The van der Waals surface area contributed by atoms with E-state index in [-0.39, 0.29) is 40.7 Å². The molecule has 0 spiro atoms. The zero-order valence-corrected chi connectivity index (χ0v) is 22.9. The summed E-state index contributed by atoms with van der Waals surface area (Å²) in [6.45, 7) is 3.74. The molecule has 41 heavy (non-hydrogen) atoms. The van der Waals surface area contributed by atoms with Crippen LogP contribution in [0, 0.1) is 13.8 Å². The summed E-state index contributed by atoms with van der Waals surface area (Å²) in [4.78, 5) is 39.4. The fourth-order valence-electron chi connectivity index (χ4n) is 3.79. The second-order valence-corrected chi connectivity index (χ2v) is 10.0. The van der Waals surface area contributed by atoms with E-state index >= 15 is 0 Å². The van der Waals surface area contributed by atoms with E-state index in [2.05, 4.69) is 4.89 Å². The summed E-state index contributed by atoms with van der Waals surface area (Å²) in [6.07, 6.45) is 0. The molecular weight excluding hydrogens is 552 g/mol. The Morgan fingerprint density at radius 1 is 0.756 bits per heavy atom. The Bertz CT molecular complexity index is 1580. The predicted octanol–water partition coefficient (Wildman–Crippen LogP) is 5.82. The third kappa shape index (κ3) is 7.99. The topological polar surface area (TPSA) is 138 Å². The maximum Gasteiger partial charge on any atom is 0.344 e. The van der Waals surface area contributed by atoms with Gasteiger partial charge in [-0.25, -0.2) is 18.7 Å². The largest absolute Gasteiger partial charge is 0.478 e. The minimum absolute atomic E-state index is 0.00378. The number of carbonyl (C=O) groups is 2. The number of carboxylic acid groups (broad SMARTS) is 1. The first kappa shape index (κ1) is 29.4. The van der Waals surface area contributed by atoms with Crippen molar-refractivity contribution in [2.45, 2.75) is 32.0 Å². The first-order valence-electron chi connectivity index (χ1n) is 12.2. The number of ether oxygens (including phenoxy) is 1. The smallest absolute Gasteiger partial charge is 0.344 e. The molecule has 0 bridgehead atoms. The molecule has 4 aromatic rings. The van der Waals surface area contributed by atoms with Crippen LogP contribution in [0.25, 0.3) is 0 Å². The molecule has 1 atom stereocenters. The molecular formula is C30H26O10S. The lowest BCUT2D eigenvalue weighted by atomic mass is 10.0. The quantitative estimate of drug-likeness (QED) is 0.0915. The van der Waals surface area contributed by atoms with E-state index in [0.717, 1.165) is 16.7 Å². The molecule has 212 valence electrons. The van der Waals surface area contributed by atoms with Gasteiger partial charge in [-0.2, -0.15) is 4.89 Å². The minimum Gasteiger partial charge on any atom is -0.478 e. The zero-order valence-electron chi connectivity index (χ0n) is 22.1. The molecule has 0 radical (unpaired) electrons. The zero-order chi connectivity index (χ0) is 29.4. The summed E-state index contributed by atoms with van der Waals surface area (Å²) in [6, 6.07) is 22.2. The minimum atomic E-state index is -1.99. The highest BCUT2D eigenvalue weighted by Gasteiger charge is 2.19. The van der Waals surface area contributed by atoms with Crippen molar-refractivity contribution in [3.05, 3.63) is 118 Å².